The minimum Gasteiger partial charge on any atom is -0.504 e. The zero-order valence-electron chi connectivity index (χ0n) is 15.0. The van der Waals surface area contributed by atoms with Crippen LogP contribution in [-0.2, 0) is 12.8 Å². The van der Waals surface area contributed by atoms with Gasteiger partial charge in [0.2, 0.25) is 0 Å². The molecule has 0 saturated heterocycles. The van der Waals surface area contributed by atoms with Gasteiger partial charge in [-0.1, -0.05) is 6.07 Å². The number of methoxy groups -OCH3 is 3. The van der Waals surface area contributed by atoms with Gasteiger partial charge >= 0.3 is 0 Å². The summed E-state index contributed by atoms with van der Waals surface area (Å²) in [5.41, 5.74) is 5.42. The summed E-state index contributed by atoms with van der Waals surface area (Å²) in [7, 11) is 7.07. The van der Waals surface area contributed by atoms with Gasteiger partial charge in [-0.25, -0.2) is 0 Å². The first-order valence-corrected chi connectivity index (χ1v) is 8.47. The number of hydrogen-bond acceptors (Lipinski definition) is 5. The van der Waals surface area contributed by atoms with Gasteiger partial charge in [-0.05, 0) is 48.7 Å². The SMILES string of the molecule is COc1ccc2c(c1O)-c1cc(OC)c(OC)c3c1[C@@H](C2)N(C)CC3. The molecule has 1 aliphatic carbocycles. The van der Waals surface area contributed by atoms with E-state index >= 15 is 0 Å². The first-order chi connectivity index (χ1) is 12.1. The van der Waals surface area contributed by atoms with Crippen LogP contribution in [0.4, 0.5) is 0 Å². The molecular weight excluding hydrogens is 318 g/mol. The number of aromatic hydroxyl groups is 1. The molecule has 0 fully saturated rings. The number of ether oxygens (including phenoxy) is 3. The second-order valence-electron chi connectivity index (χ2n) is 6.65. The number of phenols is 1. The Labute approximate surface area is 147 Å². The van der Waals surface area contributed by atoms with E-state index in [4.69, 9.17) is 14.2 Å². The number of fused-ring (bicyclic) bond motifs is 2. The molecule has 1 aliphatic heterocycles. The summed E-state index contributed by atoms with van der Waals surface area (Å²) < 4.78 is 16.6. The Bertz CT molecular complexity index is 846. The average Bonchev–Trinajstić information content (AvgIpc) is 2.63. The van der Waals surface area contributed by atoms with E-state index in [-0.39, 0.29) is 11.8 Å². The molecule has 2 aliphatic rings. The summed E-state index contributed by atoms with van der Waals surface area (Å²) in [5, 5.41) is 10.8. The summed E-state index contributed by atoms with van der Waals surface area (Å²) in [4.78, 5) is 2.38. The van der Waals surface area contributed by atoms with Crippen molar-refractivity contribution in [2.45, 2.75) is 18.9 Å². The Kier molecular flexibility index (Phi) is 3.76. The lowest BCUT2D eigenvalue weighted by Gasteiger charge is -2.40. The van der Waals surface area contributed by atoms with Crippen molar-refractivity contribution in [2.24, 2.45) is 0 Å². The first-order valence-electron chi connectivity index (χ1n) is 8.47. The van der Waals surface area contributed by atoms with Gasteiger partial charge in [0.05, 0.1) is 21.3 Å². The van der Waals surface area contributed by atoms with Gasteiger partial charge < -0.3 is 19.3 Å². The highest BCUT2D eigenvalue weighted by Gasteiger charge is 2.37. The zero-order valence-corrected chi connectivity index (χ0v) is 15.0. The van der Waals surface area contributed by atoms with Crippen LogP contribution < -0.4 is 14.2 Å². The molecule has 2 aromatic carbocycles. The van der Waals surface area contributed by atoms with E-state index in [1.54, 1.807) is 21.3 Å². The van der Waals surface area contributed by atoms with E-state index in [2.05, 4.69) is 18.0 Å². The van der Waals surface area contributed by atoms with E-state index in [0.29, 0.717) is 11.5 Å². The summed E-state index contributed by atoms with van der Waals surface area (Å²) in [6.45, 7) is 0.970. The first kappa shape index (κ1) is 16.1. The van der Waals surface area contributed by atoms with E-state index < -0.39 is 0 Å². The van der Waals surface area contributed by atoms with E-state index in [0.717, 1.165) is 41.8 Å². The number of rotatable bonds is 3. The smallest absolute Gasteiger partial charge is 0.165 e. The molecule has 0 radical (unpaired) electrons. The van der Waals surface area contributed by atoms with Crippen molar-refractivity contribution < 1.29 is 19.3 Å². The van der Waals surface area contributed by atoms with Crippen molar-refractivity contribution in [1.82, 2.24) is 4.90 Å². The Hall–Kier alpha value is -2.40. The van der Waals surface area contributed by atoms with Gasteiger partial charge in [-0.2, -0.15) is 0 Å². The number of phenolic OH excluding ortho intramolecular Hbond substituents is 1. The summed E-state index contributed by atoms with van der Waals surface area (Å²) in [5.74, 6) is 2.20. The normalized spacial score (nSPS) is 18.3. The fourth-order valence-corrected chi connectivity index (χ4v) is 4.30. The van der Waals surface area contributed by atoms with E-state index in [1.165, 1.54) is 11.1 Å². The second-order valence-corrected chi connectivity index (χ2v) is 6.65. The molecule has 1 heterocycles. The molecule has 0 unspecified atom stereocenters. The zero-order chi connectivity index (χ0) is 17.7. The number of hydrogen-bond donors (Lipinski definition) is 1. The summed E-state index contributed by atoms with van der Waals surface area (Å²) >= 11 is 0. The highest BCUT2D eigenvalue weighted by molar-refractivity contribution is 5.84. The van der Waals surface area contributed by atoms with Gasteiger partial charge in [0.1, 0.15) is 0 Å². The van der Waals surface area contributed by atoms with Gasteiger partial charge in [0.15, 0.2) is 23.0 Å². The van der Waals surface area contributed by atoms with Crippen LogP contribution in [0.1, 0.15) is 22.7 Å². The molecule has 1 N–H and O–H groups in total. The minimum atomic E-state index is 0.195. The summed E-state index contributed by atoms with van der Waals surface area (Å²) in [6, 6.07) is 6.15. The molecule has 1 atom stereocenters. The fraction of sp³-hybridized carbons (Fsp3) is 0.400. The Balaban J connectivity index is 2.07. The third-order valence-corrected chi connectivity index (χ3v) is 5.52. The highest BCUT2D eigenvalue weighted by Crippen LogP contribution is 2.54. The average molecular weight is 341 g/mol. The van der Waals surface area contributed by atoms with Crippen LogP contribution in [0.15, 0.2) is 18.2 Å². The third-order valence-electron chi connectivity index (χ3n) is 5.52. The van der Waals surface area contributed by atoms with Gasteiger partial charge in [-0.3, -0.25) is 4.90 Å². The molecule has 0 aromatic heterocycles. The maximum atomic E-state index is 10.8. The van der Waals surface area contributed by atoms with Crippen LogP contribution >= 0.6 is 0 Å². The van der Waals surface area contributed by atoms with Crippen LogP contribution in [0.2, 0.25) is 0 Å². The molecule has 5 heteroatoms. The molecule has 132 valence electrons. The fourth-order valence-electron chi connectivity index (χ4n) is 4.30. The van der Waals surface area contributed by atoms with Crippen molar-refractivity contribution >= 4 is 0 Å². The molecule has 2 aromatic rings. The maximum absolute atomic E-state index is 10.8. The van der Waals surface area contributed by atoms with Crippen molar-refractivity contribution in [1.29, 1.82) is 0 Å². The van der Waals surface area contributed by atoms with Crippen LogP contribution in [0.25, 0.3) is 11.1 Å². The van der Waals surface area contributed by atoms with Gasteiger partial charge in [0.25, 0.3) is 0 Å². The third kappa shape index (κ3) is 2.19. The lowest BCUT2D eigenvalue weighted by Crippen LogP contribution is -2.35. The highest BCUT2D eigenvalue weighted by atomic mass is 16.5. The van der Waals surface area contributed by atoms with Gasteiger partial charge in [0, 0.05) is 23.7 Å². The van der Waals surface area contributed by atoms with Gasteiger partial charge in [-0.15, -0.1) is 0 Å². The molecule has 4 rings (SSSR count). The minimum absolute atomic E-state index is 0.195. The molecule has 0 amide bonds. The summed E-state index contributed by atoms with van der Waals surface area (Å²) in [6.07, 6.45) is 1.76. The van der Waals surface area contributed by atoms with E-state index in [9.17, 15) is 5.11 Å². The van der Waals surface area contributed by atoms with Crippen LogP contribution in [0.5, 0.6) is 23.0 Å². The standard InChI is InChI=1S/C20H23NO4/c1-21-8-7-12-18-13(10-16(24-3)20(12)25-4)17-11(9-14(18)21)5-6-15(23-2)19(17)22/h5-6,10,14,22H,7-9H2,1-4H3/t14-/m1/s1. The maximum Gasteiger partial charge on any atom is 0.165 e. The lowest BCUT2D eigenvalue weighted by atomic mass is 9.76. The van der Waals surface area contributed by atoms with Crippen LogP contribution in [0.3, 0.4) is 0 Å². The molecule has 0 bridgehead atoms. The quantitative estimate of drug-likeness (QED) is 0.929. The second kappa shape index (κ2) is 5.85. The number of nitrogens with zero attached hydrogens (tertiary/aromatic N) is 1. The number of likely N-dealkylation sites (N-methyl/N-ethyl adjacent to an activating group) is 1. The Morgan fingerprint density at radius 2 is 1.84 bits per heavy atom. The van der Waals surface area contributed by atoms with Crippen molar-refractivity contribution in [3.8, 4) is 34.1 Å². The monoisotopic (exact) mass is 341 g/mol. The van der Waals surface area contributed by atoms with Crippen LogP contribution in [-0.4, -0.2) is 44.9 Å². The largest absolute Gasteiger partial charge is 0.504 e. The molecule has 0 spiro atoms. The molecule has 0 saturated carbocycles. The van der Waals surface area contributed by atoms with Crippen molar-refractivity contribution in [2.75, 3.05) is 34.9 Å². The molecular formula is C20H23NO4. The van der Waals surface area contributed by atoms with Crippen LogP contribution in [0, 0.1) is 0 Å². The van der Waals surface area contributed by atoms with Crippen molar-refractivity contribution in [3.63, 3.8) is 0 Å². The Morgan fingerprint density at radius 1 is 1.08 bits per heavy atom. The number of benzene rings is 2. The predicted octanol–water partition coefficient (Wildman–Crippen LogP) is 3.17. The molecule has 5 nitrogen and oxygen atoms in total. The predicted molar refractivity (Wildman–Crippen MR) is 96.0 cm³/mol. The Morgan fingerprint density at radius 3 is 2.52 bits per heavy atom. The topological polar surface area (TPSA) is 51.2 Å². The molecule has 25 heavy (non-hydrogen) atoms. The van der Waals surface area contributed by atoms with Crippen molar-refractivity contribution in [3.05, 3.63) is 34.9 Å². The lowest BCUT2D eigenvalue weighted by molar-refractivity contribution is 0.224. The van der Waals surface area contributed by atoms with E-state index in [1.807, 2.05) is 12.1 Å².